The molecular weight excluding hydrogens is 262 g/mol. The van der Waals surface area contributed by atoms with Gasteiger partial charge in [-0.3, -0.25) is 4.90 Å². The Morgan fingerprint density at radius 2 is 2.05 bits per heavy atom. The number of halogens is 4. The molecule has 106 valence electrons. The van der Waals surface area contributed by atoms with E-state index in [1.807, 2.05) is 4.90 Å². The number of rotatable bonds is 3. The van der Waals surface area contributed by atoms with Gasteiger partial charge in [0.05, 0.1) is 12.2 Å². The first-order chi connectivity index (χ1) is 8.91. The van der Waals surface area contributed by atoms with Gasteiger partial charge >= 0.3 is 6.18 Å². The third-order valence-electron chi connectivity index (χ3n) is 3.43. The molecule has 1 N–H and O–H groups in total. The summed E-state index contributed by atoms with van der Waals surface area (Å²) in [6, 6.07) is 3.04. The number of aliphatic hydroxyl groups excluding tert-OH is 1. The van der Waals surface area contributed by atoms with Crippen LogP contribution in [0.2, 0.25) is 0 Å². The van der Waals surface area contributed by atoms with Crippen molar-refractivity contribution >= 4 is 0 Å². The summed E-state index contributed by atoms with van der Waals surface area (Å²) in [6.45, 7) is 1.03. The molecular formula is C13H15F4NO. The number of aliphatic hydroxyl groups is 1. The van der Waals surface area contributed by atoms with E-state index in [0.29, 0.717) is 12.1 Å². The Morgan fingerprint density at radius 3 is 2.68 bits per heavy atom. The lowest BCUT2D eigenvalue weighted by atomic mass is 10.1. The van der Waals surface area contributed by atoms with Gasteiger partial charge in [0, 0.05) is 12.6 Å². The maximum absolute atomic E-state index is 13.1. The number of nitrogens with zero attached hydrogens (tertiary/aromatic N) is 1. The van der Waals surface area contributed by atoms with Crippen LogP contribution in [0.25, 0.3) is 0 Å². The van der Waals surface area contributed by atoms with Crippen molar-refractivity contribution in [3.8, 4) is 0 Å². The number of likely N-dealkylation sites (tertiary alicyclic amines) is 1. The van der Waals surface area contributed by atoms with Crippen LogP contribution in [0.4, 0.5) is 17.6 Å². The third kappa shape index (κ3) is 3.25. The van der Waals surface area contributed by atoms with Crippen molar-refractivity contribution in [3.63, 3.8) is 0 Å². The largest absolute Gasteiger partial charge is 0.419 e. The van der Waals surface area contributed by atoms with Crippen LogP contribution in [0.1, 0.15) is 24.0 Å². The molecule has 1 saturated heterocycles. The van der Waals surface area contributed by atoms with Gasteiger partial charge in [0.25, 0.3) is 0 Å². The van der Waals surface area contributed by atoms with Crippen LogP contribution in [-0.2, 0) is 12.7 Å². The van der Waals surface area contributed by atoms with E-state index in [0.717, 1.165) is 31.5 Å². The second kappa shape index (κ2) is 5.46. The molecule has 1 aliphatic rings. The minimum atomic E-state index is -4.68. The number of benzene rings is 1. The molecule has 0 amide bonds. The van der Waals surface area contributed by atoms with Crippen molar-refractivity contribution < 1.29 is 22.7 Å². The van der Waals surface area contributed by atoms with Crippen molar-refractivity contribution in [1.82, 2.24) is 4.90 Å². The van der Waals surface area contributed by atoms with E-state index in [1.54, 1.807) is 0 Å². The van der Waals surface area contributed by atoms with E-state index in [4.69, 9.17) is 5.11 Å². The molecule has 19 heavy (non-hydrogen) atoms. The fourth-order valence-electron chi connectivity index (χ4n) is 2.43. The van der Waals surface area contributed by atoms with Crippen LogP contribution in [-0.4, -0.2) is 29.2 Å². The highest BCUT2D eigenvalue weighted by Crippen LogP contribution is 2.32. The lowest BCUT2D eigenvalue weighted by Crippen LogP contribution is -2.31. The first-order valence-corrected chi connectivity index (χ1v) is 6.12. The molecule has 1 aromatic rings. The minimum Gasteiger partial charge on any atom is -0.395 e. The summed E-state index contributed by atoms with van der Waals surface area (Å²) in [5.74, 6) is -1.25. The SMILES string of the molecule is OC[C@H]1CCCN1Cc1ccc(F)c(C(F)(F)F)c1. The first-order valence-electron chi connectivity index (χ1n) is 6.12. The van der Waals surface area contributed by atoms with Gasteiger partial charge in [-0.1, -0.05) is 6.07 Å². The second-order valence-corrected chi connectivity index (χ2v) is 4.76. The minimum absolute atomic E-state index is 0.00662. The predicted molar refractivity (Wildman–Crippen MR) is 61.9 cm³/mol. The quantitative estimate of drug-likeness (QED) is 0.859. The van der Waals surface area contributed by atoms with Gasteiger partial charge in [0.15, 0.2) is 0 Å². The molecule has 0 spiro atoms. The Bertz CT molecular complexity index is 447. The van der Waals surface area contributed by atoms with Crippen LogP contribution in [0.15, 0.2) is 18.2 Å². The summed E-state index contributed by atoms with van der Waals surface area (Å²) in [6.07, 6.45) is -2.93. The summed E-state index contributed by atoms with van der Waals surface area (Å²) in [7, 11) is 0. The van der Waals surface area contributed by atoms with Gasteiger partial charge in [-0.15, -0.1) is 0 Å². The molecule has 6 heteroatoms. The zero-order chi connectivity index (χ0) is 14.0. The van der Waals surface area contributed by atoms with Gasteiger partial charge in [0.2, 0.25) is 0 Å². The highest BCUT2D eigenvalue weighted by molar-refractivity contribution is 5.27. The predicted octanol–water partition coefficient (Wildman–Crippen LogP) is 2.80. The molecule has 0 radical (unpaired) electrons. The molecule has 1 fully saturated rings. The van der Waals surface area contributed by atoms with Gasteiger partial charge in [0.1, 0.15) is 5.82 Å². The van der Waals surface area contributed by atoms with Crippen molar-refractivity contribution in [1.29, 1.82) is 0 Å². The van der Waals surface area contributed by atoms with Crippen molar-refractivity contribution in [2.45, 2.75) is 31.6 Å². The zero-order valence-corrected chi connectivity index (χ0v) is 10.3. The lowest BCUT2D eigenvalue weighted by molar-refractivity contribution is -0.140. The average Bonchev–Trinajstić information content (AvgIpc) is 2.77. The Hall–Kier alpha value is -1.14. The van der Waals surface area contributed by atoms with Crippen molar-refractivity contribution in [3.05, 3.63) is 35.1 Å². The zero-order valence-electron chi connectivity index (χ0n) is 10.3. The fourth-order valence-corrected chi connectivity index (χ4v) is 2.43. The van der Waals surface area contributed by atoms with E-state index in [9.17, 15) is 17.6 Å². The van der Waals surface area contributed by atoms with Crippen LogP contribution in [0, 0.1) is 5.82 Å². The highest BCUT2D eigenvalue weighted by Gasteiger charge is 2.34. The number of hydrogen-bond donors (Lipinski definition) is 1. The molecule has 0 saturated carbocycles. The molecule has 1 atom stereocenters. The van der Waals surface area contributed by atoms with Crippen LogP contribution < -0.4 is 0 Å². The molecule has 1 aromatic carbocycles. The van der Waals surface area contributed by atoms with Gasteiger partial charge < -0.3 is 5.11 Å². The van der Waals surface area contributed by atoms with Crippen LogP contribution >= 0.6 is 0 Å². The van der Waals surface area contributed by atoms with E-state index in [-0.39, 0.29) is 12.6 Å². The number of hydrogen-bond acceptors (Lipinski definition) is 2. The normalized spacial score (nSPS) is 21.0. The first kappa shape index (κ1) is 14.3. The Balaban J connectivity index is 2.17. The van der Waals surface area contributed by atoms with Crippen LogP contribution in [0.5, 0.6) is 0 Å². The Labute approximate surface area is 108 Å². The van der Waals surface area contributed by atoms with E-state index in [2.05, 4.69) is 0 Å². The summed E-state index contributed by atoms with van der Waals surface area (Å²) >= 11 is 0. The molecule has 2 rings (SSSR count). The van der Waals surface area contributed by atoms with Crippen molar-refractivity contribution in [2.24, 2.45) is 0 Å². The fraction of sp³-hybridized carbons (Fsp3) is 0.538. The average molecular weight is 277 g/mol. The standard InChI is InChI=1S/C13H15F4NO/c14-12-4-3-9(6-11(12)13(15,16)17)7-18-5-1-2-10(18)8-19/h3-4,6,10,19H,1-2,5,7-8H2/t10-/m1/s1. The van der Waals surface area contributed by atoms with Gasteiger partial charge in [-0.2, -0.15) is 13.2 Å². The highest BCUT2D eigenvalue weighted by atomic mass is 19.4. The molecule has 2 nitrogen and oxygen atoms in total. The monoisotopic (exact) mass is 277 g/mol. The summed E-state index contributed by atoms with van der Waals surface area (Å²) in [5, 5.41) is 9.16. The van der Waals surface area contributed by atoms with Crippen molar-refractivity contribution in [2.75, 3.05) is 13.2 Å². The summed E-state index contributed by atoms with van der Waals surface area (Å²) in [5.41, 5.74) is -0.821. The summed E-state index contributed by atoms with van der Waals surface area (Å²) < 4.78 is 50.9. The van der Waals surface area contributed by atoms with Crippen LogP contribution in [0.3, 0.4) is 0 Å². The molecule has 1 heterocycles. The Morgan fingerprint density at radius 1 is 1.32 bits per heavy atom. The smallest absolute Gasteiger partial charge is 0.395 e. The van der Waals surface area contributed by atoms with E-state index < -0.39 is 17.6 Å². The molecule has 0 aromatic heterocycles. The maximum atomic E-state index is 13.1. The molecule has 0 unspecified atom stereocenters. The Kier molecular flexibility index (Phi) is 4.10. The van der Waals surface area contributed by atoms with Gasteiger partial charge in [-0.25, -0.2) is 4.39 Å². The molecule has 0 aliphatic carbocycles. The van der Waals surface area contributed by atoms with E-state index in [1.165, 1.54) is 6.07 Å². The van der Waals surface area contributed by atoms with E-state index >= 15 is 0 Å². The topological polar surface area (TPSA) is 23.5 Å². The third-order valence-corrected chi connectivity index (χ3v) is 3.43. The number of alkyl halides is 3. The second-order valence-electron chi connectivity index (χ2n) is 4.76. The maximum Gasteiger partial charge on any atom is 0.419 e. The lowest BCUT2D eigenvalue weighted by Gasteiger charge is -2.23. The van der Waals surface area contributed by atoms with Gasteiger partial charge in [-0.05, 0) is 37.1 Å². The summed E-state index contributed by atoms with van der Waals surface area (Å²) in [4.78, 5) is 1.92. The molecule has 0 bridgehead atoms. The molecule has 1 aliphatic heterocycles.